The highest BCUT2D eigenvalue weighted by atomic mass is 32.2. The average Bonchev–Trinajstić information content (AvgIpc) is 2.20. The fourth-order valence-electron chi connectivity index (χ4n) is 1.00. The first-order chi connectivity index (χ1) is 6.14. The van der Waals surface area contributed by atoms with E-state index < -0.39 is 6.08 Å². The molecule has 0 amide bonds. The van der Waals surface area contributed by atoms with E-state index >= 15 is 0 Å². The number of hydrogen-bond donors (Lipinski definition) is 0. The van der Waals surface area contributed by atoms with Crippen LogP contribution in [0.25, 0.3) is 0 Å². The van der Waals surface area contributed by atoms with E-state index in [-0.39, 0.29) is 0 Å². The Bertz CT molecular complexity index is 161. The zero-order valence-corrected chi connectivity index (χ0v) is 9.56. The summed E-state index contributed by atoms with van der Waals surface area (Å²) in [4.78, 5) is 0. The molecule has 0 saturated carbocycles. The number of methoxy groups -OCH3 is 1. The molecule has 0 aromatic carbocycles. The molecule has 4 nitrogen and oxygen atoms in total. The van der Waals surface area contributed by atoms with Crippen molar-refractivity contribution < 1.29 is 13.7 Å². The van der Waals surface area contributed by atoms with Gasteiger partial charge in [0.1, 0.15) is 0 Å². The normalized spacial score (nSPS) is 13.1. The summed E-state index contributed by atoms with van der Waals surface area (Å²) in [5.74, 6) is 0. The Hall–Kier alpha value is -0.420. The lowest BCUT2D eigenvalue weighted by Gasteiger charge is -2.30. The summed E-state index contributed by atoms with van der Waals surface area (Å²) in [6, 6.07) is 0. The van der Waals surface area contributed by atoms with Gasteiger partial charge in [-0.15, -0.1) is 4.40 Å². The van der Waals surface area contributed by atoms with Gasteiger partial charge in [0.2, 0.25) is 12.1 Å². The molecule has 13 heavy (non-hydrogen) atoms. The van der Waals surface area contributed by atoms with E-state index in [9.17, 15) is 5.11 Å². The zero-order chi connectivity index (χ0) is 10.3. The van der Waals surface area contributed by atoms with Crippen LogP contribution in [0.1, 0.15) is 20.8 Å². The SMILES string of the molecule is CC[N+](CC)(CC)S/N=C(\[O-])OC. The van der Waals surface area contributed by atoms with Crippen LogP contribution < -0.4 is 5.11 Å². The Morgan fingerprint density at radius 3 is 2.08 bits per heavy atom. The summed E-state index contributed by atoms with van der Waals surface area (Å²) >= 11 is 1.29. The Morgan fingerprint density at radius 1 is 1.31 bits per heavy atom. The van der Waals surface area contributed by atoms with Gasteiger partial charge < -0.3 is 9.84 Å². The number of nitrogens with zero attached hydrogens (tertiary/aromatic N) is 2. The first-order valence-corrected chi connectivity index (χ1v) is 5.21. The van der Waals surface area contributed by atoms with Crippen molar-refractivity contribution in [1.29, 1.82) is 0 Å². The van der Waals surface area contributed by atoms with Crippen molar-refractivity contribution in [3.05, 3.63) is 0 Å². The van der Waals surface area contributed by atoms with Crippen LogP contribution in [0.5, 0.6) is 0 Å². The fraction of sp³-hybridized carbons (Fsp3) is 0.875. The summed E-state index contributed by atoms with van der Waals surface area (Å²) in [7, 11) is 1.34. The third-order valence-corrected chi connectivity index (χ3v) is 3.54. The van der Waals surface area contributed by atoms with E-state index in [0.717, 1.165) is 23.5 Å². The molecule has 78 valence electrons. The second-order valence-electron chi connectivity index (χ2n) is 2.65. The molecular weight excluding hydrogens is 188 g/mol. The Kier molecular flexibility index (Phi) is 5.90. The van der Waals surface area contributed by atoms with Gasteiger partial charge in [-0.25, -0.2) is 3.89 Å². The third kappa shape index (κ3) is 3.87. The van der Waals surface area contributed by atoms with Crippen LogP contribution in [0.3, 0.4) is 0 Å². The van der Waals surface area contributed by atoms with Crippen molar-refractivity contribution in [2.24, 2.45) is 4.40 Å². The van der Waals surface area contributed by atoms with Gasteiger partial charge in [0, 0.05) is 0 Å². The van der Waals surface area contributed by atoms with Crippen molar-refractivity contribution >= 4 is 18.2 Å². The highest BCUT2D eigenvalue weighted by molar-refractivity contribution is 7.92. The molecule has 0 unspecified atom stereocenters. The molecule has 0 aliphatic carbocycles. The lowest BCUT2D eigenvalue weighted by Crippen LogP contribution is -2.40. The van der Waals surface area contributed by atoms with E-state index in [4.69, 9.17) is 0 Å². The van der Waals surface area contributed by atoms with Gasteiger partial charge in [-0.2, -0.15) is 0 Å². The van der Waals surface area contributed by atoms with Crippen LogP contribution in [0.2, 0.25) is 0 Å². The average molecular weight is 206 g/mol. The predicted octanol–water partition coefficient (Wildman–Crippen LogP) is 0.789. The molecule has 0 aliphatic rings. The van der Waals surface area contributed by atoms with Crippen molar-refractivity contribution in [2.45, 2.75) is 20.8 Å². The summed E-state index contributed by atoms with van der Waals surface area (Å²) < 4.78 is 8.96. The molecule has 0 N–H and O–H groups in total. The van der Waals surface area contributed by atoms with Gasteiger partial charge in [0.15, 0.2) is 6.08 Å². The van der Waals surface area contributed by atoms with Crippen LogP contribution in [0, 0.1) is 0 Å². The van der Waals surface area contributed by atoms with Gasteiger partial charge in [0.25, 0.3) is 0 Å². The third-order valence-electron chi connectivity index (χ3n) is 2.19. The van der Waals surface area contributed by atoms with E-state index in [0.29, 0.717) is 0 Å². The van der Waals surface area contributed by atoms with Crippen molar-refractivity contribution in [3.63, 3.8) is 0 Å². The predicted molar refractivity (Wildman–Crippen MR) is 53.9 cm³/mol. The first-order valence-electron chi connectivity index (χ1n) is 4.48. The van der Waals surface area contributed by atoms with Crippen molar-refractivity contribution in [1.82, 2.24) is 0 Å². The molecule has 0 rings (SSSR count). The van der Waals surface area contributed by atoms with Crippen LogP contribution in [-0.4, -0.2) is 36.7 Å². The van der Waals surface area contributed by atoms with Crippen LogP contribution >= 0.6 is 12.1 Å². The van der Waals surface area contributed by atoms with Gasteiger partial charge in [-0.05, 0) is 27.9 Å². The molecule has 5 heteroatoms. The smallest absolute Gasteiger partial charge is 0.224 e. The fourth-order valence-corrected chi connectivity index (χ4v) is 1.66. The van der Waals surface area contributed by atoms with Gasteiger partial charge in [-0.3, -0.25) is 0 Å². The molecule has 0 bridgehead atoms. The van der Waals surface area contributed by atoms with Crippen molar-refractivity contribution in [2.75, 3.05) is 26.7 Å². The highest BCUT2D eigenvalue weighted by Crippen LogP contribution is 2.22. The summed E-state index contributed by atoms with van der Waals surface area (Å²) in [5.41, 5.74) is 0. The summed E-state index contributed by atoms with van der Waals surface area (Å²) in [5, 5.41) is 10.8. The van der Waals surface area contributed by atoms with E-state index in [1.165, 1.54) is 19.2 Å². The molecule has 0 fully saturated rings. The molecule has 0 aromatic heterocycles. The molecule has 0 aliphatic heterocycles. The minimum absolute atomic E-state index is 0.511. The lowest BCUT2D eigenvalue weighted by molar-refractivity contribution is -0.789. The maximum absolute atomic E-state index is 10.8. The monoisotopic (exact) mass is 206 g/mol. The first kappa shape index (κ1) is 12.6. The number of rotatable bonds is 5. The largest absolute Gasteiger partial charge is 0.603 e. The molecule has 0 aromatic rings. The number of ether oxygens (including phenoxy) is 1. The highest BCUT2D eigenvalue weighted by Gasteiger charge is 2.22. The Labute approximate surface area is 84.5 Å². The summed E-state index contributed by atoms with van der Waals surface area (Å²) in [6.07, 6.45) is -0.511. The molecular formula is C8H18N2O2S. The molecule has 0 atom stereocenters. The standard InChI is InChI=1S/C8H18N2O2S/c1-5-10(6-2,7-3)13-9-8(11)12-4/h5-7H2,1-4H3. The molecule has 0 radical (unpaired) electrons. The maximum Gasteiger partial charge on any atom is 0.224 e. The maximum atomic E-state index is 10.8. The lowest BCUT2D eigenvalue weighted by atomic mass is 10.5. The molecule has 0 heterocycles. The van der Waals surface area contributed by atoms with E-state index in [1.807, 2.05) is 0 Å². The van der Waals surface area contributed by atoms with E-state index in [2.05, 4.69) is 29.9 Å². The van der Waals surface area contributed by atoms with Gasteiger partial charge in [-0.1, -0.05) is 0 Å². The van der Waals surface area contributed by atoms with Crippen LogP contribution in [0.4, 0.5) is 0 Å². The van der Waals surface area contributed by atoms with Gasteiger partial charge >= 0.3 is 0 Å². The topological polar surface area (TPSA) is 44.7 Å². The minimum Gasteiger partial charge on any atom is -0.603 e. The summed E-state index contributed by atoms with van der Waals surface area (Å²) in [6.45, 7) is 9.14. The van der Waals surface area contributed by atoms with Crippen molar-refractivity contribution in [3.8, 4) is 0 Å². The molecule has 0 spiro atoms. The van der Waals surface area contributed by atoms with Gasteiger partial charge in [0.05, 0.1) is 19.6 Å². The minimum atomic E-state index is -0.511. The second-order valence-corrected chi connectivity index (χ2v) is 3.77. The van der Waals surface area contributed by atoms with Crippen LogP contribution in [-0.2, 0) is 4.74 Å². The Morgan fingerprint density at radius 2 is 1.77 bits per heavy atom. The van der Waals surface area contributed by atoms with E-state index in [1.54, 1.807) is 0 Å². The zero-order valence-electron chi connectivity index (χ0n) is 8.74. The number of hydrogen-bond acceptors (Lipinski definition) is 4. The quantitative estimate of drug-likeness (QED) is 0.289. The second kappa shape index (κ2) is 6.10. The Balaban J connectivity index is 4.25. The van der Waals surface area contributed by atoms with Crippen LogP contribution in [0.15, 0.2) is 4.40 Å². The number of quaternary nitrogens is 1. The molecule has 0 saturated heterocycles.